The lowest BCUT2D eigenvalue weighted by atomic mass is 10.0. The molecule has 0 spiro atoms. The number of aromatic nitrogens is 5. The first-order chi connectivity index (χ1) is 24.8. The highest BCUT2D eigenvalue weighted by Gasteiger charge is 2.29. The highest BCUT2D eigenvalue weighted by molar-refractivity contribution is 6.01. The second-order valence-corrected chi connectivity index (χ2v) is 12.4. The first kappa shape index (κ1) is 28.1. The summed E-state index contributed by atoms with van der Waals surface area (Å²) in [6.45, 7) is 0. The van der Waals surface area contributed by atoms with Gasteiger partial charge >= 0.3 is 0 Å². The Kier molecular flexibility index (Phi) is 6.39. The SMILES string of the molecule is c1ccc(-c2nc(-c3ccccc3)nc(-c3cccc(N4c5ccccc5-c5ccccc5-n5c4nc4cc6ccccc6cc45)c3)n2)cc1. The van der Waals surface area contributed by atoms with E-state index in [0.29, 0.717) is 17.5 Å². The van der Waals surface area contributed by atoms with Gasteiger partial charge in [-0.3, -0.25) is 9.47 Å². The van der Waals surface area contributed by atoms with Crippen LogP contribution in [-0.2, 0) is 0 Å². The first-order valence-corrected chi connectivity index (χ1v) is 16.7. The van der Waals surface area contributed by atoms with E-state index in [9.17, 15) is 0 Å². The van der Waals surface area contributed by atoms with Gasteiger partial charge in [-0.1, -0.05) is 133 Å². The zero-order valence-electron chi connectivity index (χ0n) is 26.8. The third-order valence-electron chi connectivity index (χ3n) is 9.35. The molecule has 6 nitrogen and oxygen atoms in total. The molecule has 0 saturated heterocycles. The van der Waals surface area contributed by atoms with Crippen LogP contribution in [0.2, 0.25) is 0 Å². The summed E-state index contributed by atoms with van der Waals surface area (Å²) in [4.78, 5) is 22.6. The van der Waals surface area contributed by atoms with Gasteiger partial charge in [0.25, 0.3) is 0 Å². The number of anilines is 3. The maximum absolute atomic E-state index is 5.38. The van der Waals surface area contributed by atoms with Crippen LogP contribution in [0.4, 0.5) is 17.3 Å². The van der Waals surface area contributed by atoms with E-state index in [1.54, 1.807) is 0 Å². The van der Waals surface area contributed by atoms with Crippen molar-refractivity contribution in [3.63, 3.8) is 0 Å². The molecule has 0 saturated carbocycles. The van der Waals surface area contributed by atoms with Gasteiger partial charge in [0.05, 0.1) is 22.4 Å². The van der Waals surface area contributed by atoms with Crippen LogP contribution in [0.3, 0.4) is 0 Å². The van der Waals surface area contributed by atoms with Gasteiger partial charge in [0.1, 0.15) is 0 Å². The Hall–Kier alpha value is -6.92. The summed E-state index contributed by atoms with van der Waals surface area (Å²) < 4.78 is 2.30. The fourth-order valence-electron chi connectivity index (χ4n) is 7.01. The molecule has 50 heavy (non-hydrogen) atoms. The lowest BCUT2D eigenvalue weighted by Crippen LogP contribution is -2.14. The van der Waals surface area contributed by atoms with Gasteiger partial charge in [-0.2, -0.15) is 0 Å². The number of hydrogen-bond donors (Lipinski definition) is 0. The second-order valence-electron chi connectivity index (χ2n) is 12.4. The predicted molar refractivity (Wildman–Crippen MR) is 202 cm³/mol. The fraction of sp³-hybridized carbons (Fsp3) is 0. The average molecular weight is 641 g/mol. The number of nitrogens with zero attached hydrogens (tertiary/aromatic N) is 6. The van der Waals surface area contributed by atoms with Crippen molar-refractivity contribution in [2.24, 2.45) is 0 Å². The molecule has 0 fully saturated rings. The van der Waals surface area contributed by atoms with E-state index < -0.39 is 0 Å². The summed E-state index contributed by atoms with van der Waals surface area (Å²) in [7, 11) is 0. The van der Waals surface area contributed by atoms with Crippen molar-refractivity contribution in [2.45, 2.75) is 0 Å². The van der Waals surface area contributed by atoms with Crippen molar-refractivity contribution in [3.8, 4) is 51.0 Å². The third-order valence-corrected chi connectivity index (χ3v) is 9.35. The van der Waals surface area contributed by atoms with E-state index in [0.717, 1.165) is 67.2 Å². The molecule has 0 amide bonds. The van der Waals surface area contributed by atoms with Crippen LogP contribution in [-0.4, -0.2) is 24.5 Å². The molecular weight excluding hydrogens is 613 g/mol. The average Bonchev–Trinajstić information content (AvgIpc) is 3.49. The van der Waals surface area contributed by atoms with Crippen molar-refractivity contribution < 1.29 is 0 Å². The van der Waals surface area contributed by atoms with E-state index in [2.05, 4.69) is 119 Å². The molecular formula is C44H28N6. The van der Waals surface area contributed by atoms with Crippen LogP contribution >= 0.6 is 0 Å². The van der Waals surface area contributed by atoms with Crippen molar-refractivity contribution >= 4 is 39.1 Å². The molecule has 0 unspecified atom stereocenters. The maximum Gasteiger partial charge on any atom is 0.220 e. The minimum atomic E-state index is 0.603. The molecule has 7 aromatic carbocycles. The molecule has 9 aromatic rings. The molecule has 0 radical (unpaired) electrons. The molecule has 234 valence electrons. The van der Waals surface area contributed by atoms with E-state index in [1.165, 1.54) is 5.39 Å². The van der Waals surface area contributed by atoms with Crippen molar-refractivity contribution in [1.82, 2.24) is 24.5 Å². The third kappa shape index (κ3) is 4.58. The van der Waals surface area contributed by atoms with Gasteiger partial charge in [0.15, 0.2) is 17.5 Å². The van der Waals surface area contributed by atoms with E-state index in [4.69, 9.17) is 19.9 Å². The van der Waals surface area contributed by atoms with Crippen LogP contribution in [0.25, 0.3) is 72.8 Å². The van der Waals surface area contributed by atoms with Gasteiger partial charge in [0, 0.05) is 33.5 Å². The normalized spacial score (nSPS) is 12.0. The summed E-state index contributed by atoms with van der Waals surface area (Å²) in [6, 6.07) is 58.6. The van der Waals surface area contributed by atoms with Crippen LogP contribution in [0.5, 0.6) is 0 Å². The van der Waals surface area contributed by atoms with Gasteiger partial charge < -0.3 is 0 Å². The standard InChI is InChI=1S/C44H28N6/c1-3-14-29(15-4-1)41-46-42(30-16-5-2-6-17-30)48-43(47-41)33-20-13-21-34(26-33)49-38-24-11-9-22-35(38)36-23-10-12-25-39(36)50-40-28-32-19-8-7-18-31(32)27-37(40)45-44(49)50/h1-28H. The van der Waals surface area contributed by atoms with Gasteiger partial charge in [-0.15, -0.1) is 0 Å². The second kappa shape index (κ2) is 11.4. The molecule has 0 N–H and O–H groups in total. The first-order valence-electron chi connectivity index (χ1n) is 16.7. The quantitative estimate of drug-likeness (QED) is 0.192. The monoisotopic (exact) mass is 640 g/mol. The van der Waals surface area contributed by atoms with Crippen LogP contribution in [0.15, 0.2) is 170 Å². The Labute approximate surface area is 288 Å². The lowest BCUT2D eigenvalue weighted by Gasteiger charge is -2.25. The summed E-state index contributed by atoms with van der Waals surface area (Å²) in [5.74, 6) is 2.68. The number of benzene rings is 7. The van der Waals surface area contributed by atoms with Gasteiger partial charge in [-0.25, -0.2) is 19.9 Å². The highest BCUT2D eigenvalue weighted by atomic mass is 15.3. The smallest absolute Gasteiger partial charge is 0.220 e. The van der Waals surface area contributed by atoms with E-state index in [-0.39, 0.29) is 0 Å². The molecule has 3 heterocycles. The fourth-order valence-corrected chi connectivity index (χ4v) is 7.01. The van der Waals surface area contributed by atoms with Crippen molar-refractivity contribution in [1.29, 1.82) is 0 Å². The summed E-state index contributed by atoms with van der Waals surface area (Å²) >= 11 is 0. The van der Waals surface area contributed by atoms with Crippen LogP contribution in [0.1, 0.15) is 0 Å². The minimum absolute atomic E-state index is 0.603. The number of imidazole rings is 1. The molecule has 0 aliphatic carbocycles. The Balaban J connectivity index is 1.22. The number of rotatable bonds is 4. The minimum Gasteiger partial charge on any atom is -0.280 e. The molecule has 0 atom stereocenters. The van der Waals surface area contributed by atoms with Crippen LogP contribution in [0, 0.1) is 0 Å². The molecule has 0 bridgehead atoms. The summed E-state index contributed by atoms with van der Waals surface area (Å²) in [5.41, 5.74) is 10.1. The molecule has 10 rings (SSSR count). The van der Waals surface area contributed by atoms with Crippen molar-refractivity contribution in [2.75, 3.05) is 4.90 Å². The molecule has 2 aromatic heterocycles. The predicted octanol–water partition coefficient (Wildman–Crippen LogP) is 10.8. The summed E-state index contributed by atoms with van der Waals surface area (Å²) in [5, 5.41) is 2.34. The van der Waals surface area contributed by atoms with Gasteiger partial charge in [0.2, 0.25) is 5.95 Å². The Bertz CT molecular complexity index is 2660. The number of para-hydroxylation sites is 2. The topological polar surface area (TPSA) is 59.7 Å². The largest absolute Gasteiger partial charge is 0.280 e. The Morgan fingerprint density at radius 2 is 0.900 bits per heavy atom. The lowest BCUT2D eigenvalue weighted by molar-refractivity contribution is 1.05. The van der Waals surface area contributed by atoms with E-state index >= 15 is 0 Å². The number of fused-ring (bicyclic) bond motifs is 8. The molecule has 6 heteroatoms. The number of hydrogen-bond acceptors (Lipinski definition) is 5. The zero-order chi connectivity index (χ0) is 33.0. The van der Waals surface area contributed by atoms with Gasteiger partial charge in [-0.05, 0) is 47.2 Å². The van der Waals surface area contributed by atoms with Crippen LogP contribution < -0.4 is 4.90 Å². The van der Waals surface area contributed by atoms with Crippen molar-refractivity contribution in [3.05, 3.63) is 170 Å². The zero-order valence-corrected chi connectivity index (χ0v) is 26.8. The highest BCUT2D eigenvalue weighted by Crippen LogP contribution is 2.48. The summed E-state index contributed by atoms with van der Waals surface area (Å²) in [6.07, 6.45) is 0. The molecule has 1 aliphatic heterocycles. The Morgan fingerprint density at radius 3 is 1.58 bits per heavy atom. The Morgan fingerprint density at radius 1 is 0.380 bits per heavy atom. The maximum atomic E-state index is 5.38. The van der Waals surface area contributed by atoms with E-state index in [1.807, 2.05) is 60.7 Å². The molecule has 1 aliphatic rings.